The van der Waals surface area contributed by atoms with Crippen molar-refractivity contribution < 1.29 is 18.8 Å². The maximum atomic E-state index is 14.5. The molecule has 0 aromatic heterocycles. The molecule has 0 fully saturated rings. The molecule has 0 spiro atoms. The standard InChI is InChI=1S/C23H23O4P/c1-2-3-14-25-21-15-20(16-22-23(21)27-17-26-22)28(24,18-10-6-4-7-11-18)19-12-8-5-9-13-19/h4-13,15-16H,2-3,14,17H2,1H3. The van der Waals surface area contributed by atoms with Crippen molar-refractivity contribution in [2.24, 2.45) is 0 Å². The molecule has 3 aromatic carbocycles. The van der Waals surface area contributed by atoms with E-state index >= 15 is 0 Å². The Morgan fingerprint density at radius 3 is 2.14 bits per heavy atom. The zero-order valence-corrected chi connectivity index (χ0v) is 16.7. The Balaban J connectivity index is 1.88. The van der Waals surface area contributed by atoms with Crippen molar-refractivity contribution in [2.75, 3.05) is 13.4 Å². The van der Waals surface area contributed by atoms with Gasteiger partial charge in [0.1, 0.15) is 0 Å². The van der Waals surface area contributed by atoms with Crippen molar-refractivity contribution >= 4 is 23.1 Å². The Kier molecular flexibility index (Phi) is 5.40. The summed E-state index contributed by atoms with van der Waals surface area (Å²) in [5.74, 6) is 1.76. The van der Waals surface area contributed by atoms with Crippen LogP contribution in [0.1, 0.15) is 19.8 Å². The van der Waals surface area contributed by atoms with Crippen LogP contribution in [-0.4, -0.2) is 13.4 Å². The molecule has 0 saturated carbocycles. The van der Waals surface area contributed by atoms with E-state index < -0.39 is 7.14 Å². The predicted molar refractivity (Wildman–Crippen MR) is 112 cm³/mol. The van der Waals surface area contributed by atoms with E-state index in [0.29, 0.717) is 29.2 Å². The molecular weight excluding hydrogens is 371 g/mol. The molecule has 1 aliphatic rings. The zero-order valence-electron chi connectivity index (χ0n) is 15.8. The number of benzene rings is 3. The van der Waals surface area contributed by atoms with E-state index in [1.807, 2.05) is 72.8 Å². The number of ether oxygens (including phenoxy) is 3. The lowest BCUT2D eigenvalue weighted by molar-refractivity contribution is 0.169. The molecule has 5 heteroatoms. The maximum absolute atomic E-state index is 14.5. The fraction of sp³-hybridized carbons (Fsp3) is 0.217. The largest absolute Gasteiger partial charge is 0.490 e. The highest BCUT2D eigenvalue weighted by molar-refractivity contribution is 7.85. The Morgan fingerprint density at radius 1 is 0.893 bits per heavy atom. The van der Waals surface area contributed by atoms with E-state index in [0.717, 1.165) is 23.5 Å². The van der Waals surface area contributed by atoms with Crippen LogP contribution in [0.2, 0.25) is 0 Å². The summed E-state index contributed by atoms with van der Waals surface area (Å²) in [6.07, 6.45) is 1.97. The van der Waals surface area contributed by atoms with Crippen LogP contribution in [0.15, 0.2) is 72.8 Å². The van der Waals surface area contributed by atoms with Crippen LogP contribution in [0.4, 0.5) is 0 Å². The zero-order chi connectivity index (χ0) is 19.4. The molecule has 0 N–H and O–H groups in total. The van der Waals surface area contributed by atoms with Gasteiger partial charge in [-0.1, -0.05) is 74.0 Å². The predicted octanol–water partition coefficient (Wildman–Crippen LogP) is 4.23. The van der Waals surface area contributed by atoms with Crippen LogP contribution in [0.3, 0.4) is 0 Å². The van der Waals surface area contributed by atoms with Gasteiger partial charge in [-0.05, 0) is 18.6 Å². The first kappa shape index (κ1) is 18.6. The van der Waals surface area contributed by atoms with Gasteiger partial charge in [0, 0.05) is 15.9 Å². The molecule has 1 heterocycles. The molecule has 0 amide bonds. The normalized spacial score (nSPS) is 12.8. The molecule has 0 aliphatic carbocycles. The highest BCUT2D eigenvalue weighted by Gasteiger charge is 2.33. The Morgan fingerprint density at radius 2 is 1.54 bits per heavy atom. The summed E-state index contributed by atoms with van der Waals surface area (Å²) in [6.45, 7) is 2.84. The lowest BCUT2D eigenvalue weighted by Crippen LogP contribution is -2.25. The van der Waals surface area contributed by atoms with Crippen LogP contribution in [0.5, 0.6) is 17.2 Å². The third kappa shape index (κ3) is 3.41. The van der Waals surface area contributed by atoms with Gasteiger partial charge >= 0.3 is 0 Å². The van der Waals surface area contributed by atoms with Crippen LogP contribution in [0.25, 0.3) is 0 Å². The summed E-state index contributed by atoms with van der Waals surface area (Å²) in [6, 6.07) is 22.8. The molecule has 0 bridgehead atoms. The monoisotopic (exact) mass is 394 g/mol. The highest BCUT2D eigenvalue weighted by atomic mass is 31.2. The first-order chi connectivity index (χ1) is 13.7. The number of rotatable bonds is 7. The average Bonchev–Trinajstić information content (AvgIpc) is 3.23. The summed E-state index contributed by atoms with van der Waals surface area (Å²) in [5, 5.41) is 2.24. The van der Waals surface area contributed by atoms with Crippen LogP contribution >= 0.6 is 7.14 Å². The molecule has 0 unspecified atom stereocenters. The average molecular weight is 394 g/mol. The maximum Gasteiger partial charge on any atom is 0.231 e. The fourth-order valence-electron chi connectivity index (χ4n) is 3.30. The van der Waals surface area contributed by atoms with Crippen molar-refractivity contribution in [1.82, 2.24) is 0 Å². The Bertz CT molecular complexity index is 943. The lowest BCUT2D eigenvalue weighted by Gasteiger charge is -2.21. The molecule has 4 rings (SSSR count). The van der Waals surface area contributed by atoms with Gasteiger partial charge in [-0.2, -0.15) is 0 Å². The van der Waals surface area contributed by atoms with Gasteiger partial charge < -0.3 is 18.8 Å². The Hall–Kier alpha value is -2.71. The number of hydrogen-bond donors (Lipinski definition) is 0. The minimum atomic E-state index is -3.09. The van der Waals surface area contributed by atoms with E-state index in [1.54, 1.807) is 0 Å². The molecule has 0 radical (unpaired) electrons. The van der Waals surface area contributed by atoms with Gasteiger partial charge in [-0.3, -0.25) is 0 Å². The molecular formula is C23H23O4P. The van der Waals surface area contributed by atoms with Crippen molar-refractivity contribution in [3.8, 4) is 17.2 Å². The summed E-state index contributed by atoms with van der Waals surface area (Å²) in [5.41, 5.74) is 0. The molecule has 144 valence electrons. The molecule has 0 saturated heterocycles. The first-order valence-corrected chi connectivity index (χ1v) is 11.2. The van der Waals surface area contributed by atoms with E-state index in [9.17, 15) is 4.57 Å². The van der Waals surface area contributed by atoms with Gasteiger partial charge in [0.15, 0.2) is 18.6 Å². The Labute approximate surface area is 165 Å². The van der Waals surface area contributed by atoms with Gasteiger partial charge in [-0.15, -0.1) is 0 Å². The van der Waals surface area contributed by atoms with E-state index in [2.05, 4.69) is 6.92 Å². The second-order valence-electron chi connectivity index (χ2n) is 6.66. The van der Waals surface area contributed by atoms with Gasteiger partial charge in [-0.25, -0.2) is 0 Å². The molecule has 1 aliphatic heterocycles. The minimum Gasteiger partial charge on any atom is -0.490 e. The van der Waals surface area contributed by atoms with Crippen molar-refractivity contribution in [2.45, 2.75) is 19.8 Å². The van der Waals surface area contributed by atoms with Crippen molar-refractivity contribution in [3.05, 3.63) is 72.8 Å². The summed E-state index contributed by atoms with van der Waals surface area (Å²) >= 11 is 0. The third-order valence-corrected chi connectivity index (χ3v) is 7.82. The van der Waals surface area contributed by atoms with Crippen LogP contribution < -0.4 is 30.1 Å². The van der Waals surface area contributed by atoms with Crippen molar-refractivity contribution in [3.63, 3.8) is 0 Å². The molecule has 3 aromatic rings. The second kappa shape index (κ2) is 8.12. The molecule has 0 atom stereocenters. The second-order valence-corrected chi connectivity index (χ2v) is 9.43. The SMILES string of the molecule is CCCCOc1cc(P(=O)(c2ccccc2)c2ccccc2)cc2c1OCO2. The first-order valence-electron chi connectivity index (χ1n) is 9.51. The lowest BCUT2D eigenvalue weighted by atomic mass is 10.3. The summed E-state index contributed by atoms with van der Waals surface area (Å²) < 4.78 is 31.8. The van der Waals surface area contributed by atoms with Gasteiger partial charge in [0.2, 0.25) is 12.5 Å². The third-order valence-electron chi connectivity index (χ3n) is 4.78. The fourth-order valence-corrected chi connectivity index (χ4v) is 5.98. The van der Waals surface area contributed by atoms with Crippen molar-refractivity contribution in [1.29, 1.82) is 0 Å². The van der Waals surface area contributed by atoms with E-state index in [-0.39, 0.29) is 6.79 Å². The summed E-state index contributed by atoms with van der Waals surface area (Å²) in [7, 11) is -3.09. The molecule has 4 nitrogen and oxygen atoms in total. The summed E-state index contributed by atoms with van der Waals surface area (Å²) in [4.78, 5) is 0. The van der Waals surface area contributed by atoms with E-state index in [1.165, 1.54) is 0 Å². The number of hydrogen-bond acceptors (Lipinski definition) is 4. The van der Waals surface area contributed by atoms with Crippen LogP contribution in [-0.2, 0) is 4.57 Å². The van der Waals surface area contributed by atoms with Gasteiger partial charge in [0.05, 0.1) is 6.61 Å². The quantitative estimate of drug-likeness (QED) is 0.444. The van der Waals surface area contributed by atoms with Crippen LogP contribution in [0, 0.1) is 0 Å². The number of unbranched alkanes of at least 4 members (excludes halogenated alkanes) is 1. The van der Waals surface area contributed by atoms with Gasteiger partial charge in [0.25, 0.3) is 0 Å². The molecule has 28 heavy (non-hydrogen) atoms. The minimum absolute atomic E-state index is 0.143. The highest BCUT2D eigenvalue weighted by Crippen LogP contribution is 2.48. The topological polar surface area (TPSA) is 44.8 Å². The van der Waals surface area contributed by atoms with E-state index in [4.69, 9.17) is 14.2 Å². The smallest absolute Gasteiger partial charge is 0.231 e. The number of fused-ring (bicyclic) bond motifs is 1.